The molecule has 8 heteroatoms. The van der Waals surface area contributed by atoms with E-state index in [-0.39, 0.29) is 0 Å². The fourth-order valence-corrected chi connectivity index (χ4v) is 3.22. The summed E-state index contributed by atoms with van der Waals surface area (Å²) in [6.45, 7) is 0.291. The Morgan fingerprint density at radius 2 is 2.17 bits per heavy atom. The van der Waals surface area contributed by atoms with Crippen LogP contribution in [0, 0.1) is 0 Å². The normalized spacial score (nSPS) is 15.6. The number of hydrogen-bond acceptors (Lipinski definition) is 5. The van der Waals surface area contributed by atoms with Crippen LogP contribution >= 0.6 is 0 Å². The van der Waals surface area contributed by atoms with Crippen LogP contribution in [0.5, 0.6) is 0 Å². The van der Waals surface area contributed by atoms with Crippen molar-refractivity contribution in [2.45, 2.75) is 12.8 Å². The number of sulfonamides is 1. The number of nitrogens with one attached hydrogen (secondary N) is 1. The summed E-state index contributed by atoms with van der Waals surface area (Å²) < 4.78 is 27.0. The molecule has 3 N–H and O–H groups in total. The van der Waals surface area contributed by atoms with Crippen molar-refractivity contribution in [3.05, 3.63) is 35.8 Å². The van der Waals surface area contributed by atoms with E-state index in [1.165, 1.54) is 6.33 Å². The van der Waals surface area contributed by atoms with Gasteiger partial charge in [0.05, 0.1) is 11.6 Å². The first-order valence-electron chi connectivity index (χ1n) is 7.25. The van der Waals surface area contributed by atoms with E-state index >= 15 is 0 Å². The summed E-state index contributed by atoms with van der Waals surface area (Å²) in [5.41, 5.74) is 9.89. The van der Waals surface area contributed by atoms with Crippen molar-refractivity contribution in [2.75, 3.05) is 18.5 Å². The van der Waals surface area contributed by atoms with Gasteiger partial charge in [-0.15, -0.1) is 0 Å². The molecule has 122 valence electrons. The zero-order valence-electron chi connectivity index (χ0n) is 13.1. The van der Waals surface area contributed by atoms with Gasteiger partial charge in [0.25, 0.3) is 0 Å². The van der Waals surface area contributed by atoms with Crippen LogP contribution in [0.1, 0.15) is 18.4 Å². The molecule has 0 amide bonds. The number of aryl methyl sites for hydroxylation is 1. The van der Waals surface area contributed by atoms with Crippen molar-refractivity contribution in [1.82, 2.24) is 19.3 Å². The van der Waals surface area contributed by atoms with Crippen LogP contribution in [0.25, 0.3) is 16.6 Å². The molecule has 0 unspecified atom stereocenters. The molecule has 1 aliphatic carbocycles. The number of nitrogens with zero attached hydrogens (tertiary/aromatic N) is 3. The Kier molecular flexibility index (Phi) is 3.95. The van der Waals surface area contributed by atoms with Crippen molar-refractivity contribution in [2.24, 2.45) is 7.05 Å². The van der Waals surface area contributed by atoms with Gasteiger partial charge in [0.2, 0.25) is 10.0 Å². The van der Waals surface area contributed by atoms with Crippen molar-refractivity contribution in [1.29, 1.82) is 0 Å². The highest BCUT2D eigenvalue weighted by molar-refractivity contribution is 7.88. The summed E-state index contributed by atoms with van der Waals surface area (Å²) in [5, 5.41) is 0.846. The molecule has 0 saturated heterocycles. The van der Waals surface area contributed by atoms with Crippen LogP contribution in [-0.2, 0) is 17.1 Å². The molecule has 0 bridgehead atoms. The lowest BCUT2D eigenvalue weighted by molar-refractivity contribution is 0.591. The van der Waals surface area contributed by atoms with Gasteiger partial charge in [-0.25, -0.2) is 23.1 Å². The molecule has 7 nitrogen and oxygen atoms in total. The summed E-state index contributed by atoms with van der Waals surface area (Å²) >= 11 is 0. The van der Waals surface area contributed by atoms with E-state index < -0.39 is 10.0 Å². The minimum Gasteiger partial charge on any atom is -0.383 e. The van der Waals surface area contributed by atoms with Gasteiger partial charge in [-0.05, 0) is 24.0 Å². The van der Waals surface area contributed by atoms with Crippen LogP contribution in [0.3, 0.4) is 0 Å². The molecule has 0 radical (unpaired) electrons. The van der Waals surface area contributed by atoms with Gasteiger partial charge in [-0.2, -0.15) is 0 Å². The molecule has 2 aromatic heterocycles. The zero-order chi connectivity index (χ0) is 16.6. The Morgan fingerprint density at radius 3 is 2.91 bits per heavy atom. The molecule has 0 saturated carbocycles. The Bertz CT molecular complexity index is 925. The molecular formula is C15H19N5O2S. The van der Waals surface area contributed by atoms with E-state index in [1.54, 1.807) is 0 Å². The van der Waals surface area contributed by atoms with Crippen molar-refractivity contribution >= 4 is 32.4 Å². The fraction of sp³-hybridized carbons (Fsp3) is 0.333. The lowest BCUT2D eigenvalue weighted by Crippen LogP contribution is -2.24. The highest BCUT2D eigenvalue weighted by Gasteiger charge is 2.17. The minimum atomic E-state index is -3.21. The number of hydrogen-bond donors (Lipinski definition) is 2. The molecular weight excluding hydrogens is 314 g/mol. The first-order chi connectivity index (χ1) is 10.8. The van der Waals surface area contributed by atoms with Crippen LogP contribution in [-0.4, -0.2) is 35.8 Å². The minimum absolute atomic E-state index is 0.291. The summed E-state index contributed by atoms with van der Waals surface area (Å²) in [4.78, 5) is 8.37. The number of nitrogens with two attached hydrogens (primary N) is 1. The molecule has 23 heavy (non-hydrogen) atoms. The Hall–Kier alpha value is -2.19. The maximum absolute atomic E-state index is 11.3. The molecule has 2 aromatic rings. The van der Waals surface area contributed by atoms with E-state index in [1.807, 2.05) is 30.0 Å². The molecule has 0 aliphatic heterocycles. The predicted octanol–water partition coefficient (Wildman–Crippen LogP) is 1.20. The van der Waals surface area contributed by atoms with Gasteiger partial charge < -0.3 is 10.3 Å². The van der Waals surface area contributed by atoms with Crippen LogP contribution in [0.15, 0.2) is 30.2 Å². The van der Waals surface area contributed by atoms with E-state index in [2.05, 4.69) is 14.7 Å². The Balaban J connectivity index is 1.99. The first-order valence-corrected chi connectivity index (χ1v) is 9.14. The number of nitrogen functional groups attached to an aromatic ring is 1. The standard InChI is InChI=1S/C15H19N5O2S/c1-20-8-12(13-14(16)17-9-18-15(13)20)11-5-3-4-10(6-11)7-19-23(2,21)22/h4,6,8-9,19H,3,5,7H2,1-2H3,(H2,16,17,18). The van der Waals surface area contributed by atoms with Gasteiger partial charge in [0.1, 0.15) is 17.8 Å². The van der Waals surface area contributed by atoms with E-state index in [0.717, 1.165) is 46.8 Å². The van der Waals surface area contributed by atoms with Crippen molar-refractivity contribution in [3.8, 4) is 0 Å². The molecule has 0 spiro atoms. The molecule has 3 rings (SSSR count). The third kappa shape index (κ3) is 3.27. The maximum atomic E-state index is 11.3. The maximum Gasteiger partial charge on any atom is 0.209 e. The van der Waals surface area contributed by atoms with Crippen LogP contribution in [0.4, 0.5) is 5.82 Å². The van der Waals surface area contributed by atoms with E-state index in [0.29, 0.717) is 12.4 Å². The van der Waals surface area contributed by atoms with E-state index in [4.69, 9.17) is 5.73 Å². The number of aromatic nitrogens is 3. The van der Waals surface area contributed by atoms with Gasteiger partial charge >= 0.3 is 0 Å². The van der Waals surface area contributed by atoms with Gasteiger partial charge in [-0.1, -0.05) is 12.2 Å². The van der Waals surface area contributed by atoms with E-state index in [9.17, 15) is 8.42 Å². The SMILES string of the molecule is Cn1cc(C2=CC(CNS(C)(=O)=O)=CCC2)c2c(N)ncnc21. The van der Waals surface area contributed by atoms with Crippen LogP contribution < -0.4 is 10.5 Å². The summed E-state index contributed by atoms with van der Waals surface area (Å²) in [5.74, 6) is 0.455. The second kappa shape index (κ2) is 5.78. The summed E-state index contributed by atoms with van der Waals surface area (Å²) in [6, 6.07) is 0. The average molecular weight is 333 g/mol. The topological polar surface area (TPSA) is 103 Å². The summed E-state index contributed by atoms with van der Waals surface area (Å²) in [7, 11) is -1.29. The number of allylic oxidation sites excluding steroid dienone is 2. The average Bonchev–Trinajstić information content (AvgIpc) is 2.84. The Labute approximate surface area is 135 Å². The smallest absolute Gasteiger partial charge is 0.209 e. The second-order valence-electron chi connectivity index (χ2n) is 5.69. The lowest BCUT2D eigenvalue weighted by Gasteiger charge is -2.14. The van der Waals surface area contributed by atoms with Gasteiger partial charge in [-0.3, -0.25) is 0 Å². The Morgan fingerprint density at radius 1 is 1.39 bits per heavy atom. The van der Waals surface area contributed by atoms with Crippen LogP contribution in [0.2, 0.25) is 0 Å². The molecule has 0 fully saturated rings. The molecule has 0 atom stereocenters. The third-order valence-corrected chi connectivity index (χ3v) is 4.52. The van der Waals surface area contributed by atoms with Gasteiger partial charge in [0, 0.05) is 25.4 Å². The second-order valence-corrected chi connectivity index (χ2v) is 7.52. The molecule has 1 aliphatic rings. The van der Waals surface area contributed by atoms with Crippen molar-refractivity contribution in [3.63, 3.8) is 0 Å². The molecule has 2 heterocycles. The highest BCUT2D eigenvalue weighted by Crippen LogP contribution is 2.33. The highest BCUT2D eigenvalue weighted by atomic mass is 32.2. The zero-order valence-corrected chi connectivity index (χ0v) is 13.9. The third-order valence-electron chi connectivity index (χ3n) is 3.85. The predicted molar refractivity (Wildman–Crippen MR) is 91.1 cm³/mol. The largest absolute Gasteiger partial charge is 0.383 e. The number of rotatable bonds is 4. The fourth-order valence-electron chi connectivity index (χ4n) is 2.80. The number of anilines is 1. The molecule has 0 aromatic carbocycles. The summed E-state index contributed by atoms with van der Waals surface area (Å²) in [6.07, 6.45) is 10.4. The number of fused-ring (bicyclic) bond motifs is 1. The lowest BCUT2D eigenvalue weighted by atomic mass is 9.94. The first kappa shape index (κ1) is 15.7. The quantitative estimate of drug-likeness (QED) is 0.875. The monoisotopic (exact) mass is 333 g/mol. The van der Waals surface area contributed by atoms with Crippen molar-refractivity contribution < 1.29 is 8.42 Å². The van der Waals surface area contributed by atoms with Gasteiger partial charge in [0.15, 0.2) is 0 Å².